The highest BCUT2D eigenvalue weighted by Crippen LogP contribution is 2.30. The molecule has 0 heterocycles. The largest absolute Gasteiger partial charge is 0.353 e. The first-order valence-corrected chi connectivity index (χ1v) is 6.16. The number of nitrogens with two attached hydrogens (primary N) is 1. The van der Waals surface area contributed by atoms with Crippen LogP contribution in [-0.4, -0.2) is 43.5 Å². The number of nitrogens with one attached hydrogen (secondary N) is 1. The monoisotopic (exact) mass is 227 g/mol. The summed E-state index contributed by atoms with van der Waals surface area (Å²) < 4.78 is 0. The summed E-state index contributed by atoms with van der Waals surface area (Å²) in [4.78, 5) is 14.0. The van der Waals surface area contributed by atoms with Gasteiger partial charge in [-0.05, 0) is 32.9 Å². The van der Waals surface area contributed by atoms with E-state index in [0.29, 0.717) is 12.5 Å². The average molecular weight is 227 g/mol. The maximum atomic E-state index is 12.0. The molecule has 0 bridgehead atoms. The van der Waals surface area contributed by atoms with E-state index in [4.69, 9.17) is 5.73 Å². The Hall–Kier alpha value is -0.610. The maximum absolute atomic E-state index is 12.0. The number of rotatable bonds is 4. The molecule has 0 saturated heterocycles. The van der Waals surface area contributed by atoms with Crippen LogP contribution in [0.3, 0.4) is 0 Å². The van der Waals surface area contributed by atoms with Crippen LogP contribution in [0.1, 0.15) is 32.6 Å². The number of nitrogens with zero attached hydrogens (tertiary/aromatic N) is 1. The number of amides is 1. The normalized spacial score (nSPS) is 30.4. The Morgan fingerprint density at radius 2 is 2.25 bits per heavy atom. The van der Waals surface area contributed by atoms with Crippen molar-refractivity contribution >= 4 is 5.91 Å². The summed E-state index contributed by atoms with van der Waals surface area (Å²) in [6.07, 6.45) is 3.91. The second-order valence-electron chi connectivity index (χ2n) is 5.42. The predicted molar refractivity (Wildman–Crippen MR) is 66.1 cm³/mol. The lowest BCUT2D eigenvalue weighted by Gasteiger charge is -2.35. The van der Waals surface area contributed by atoms with Crippen LogP contribution in [0.15, 0.2) is 0 Å². The fourth-order valence-corrected chi connectivity index (χ4v) is 2.37. The van der Waals surface area contributed by atoms with Crippen molar-refractivity contribution in [3.05, 3.63) is 0 Å². The minimum absolute atomic E-state index is 0.0286. The molecule has 0 radical (unpaired) electrons. The summed E-state index contributed by atoms with van der Waals surface area (Å²) in [6.45, 7) is 3.71. The van der Waals surface area contributed by atoms with Gasteiger partial charge in [0.25, 0.3) is 0 Å². The van der Waals surface area contributed by atoms with Crippen LogP contribution in [-0.2, 0) is 4.79 Å². The third-order valence-electron chi connectivity index (χ3n) is 3.33. The Labute approximate surface area is 98.6 Å². The number of likely N-dealkylation sites (N-methyl/N-ethyl adjacent to an activating group) is 1. The van der Waals surface area contributed by atoms with Gasteiger partial charge in [-0.3, -0.25) is 4.79 Å². The van der Waals surface area contributed by atoms with Crippen LogP contribution in [0, 0.1) is 5.92 Å². The summed E-state index contributed by atoms with van der Waals surface area (Å²) in [5, 5.41) is 2.94. The van der Waals surface area contributed by atoms with Gasteiger partial charge in [0.1, 0.15) is 0 Å². The molecule has 1 amide bonds. The SMILES string of the molecule is CC1CCCC(N)(C(=O)NCCN(C)C)C1. The van der Waals surface area contributed by atoms with Crippen molar-refractivity contribution in [2.75, 3.05) is 27.2 Å². The molecule has 0 aliphatic heterocycles. The van der Waals surface area contributed by atoms with Crippen molar-refractivity contribution in [1.82, 2.24) is 10.2 Å². The summed E-state index contributed by atoms with van der Waals surface area (Å²) >= 11 is 0. The van der Waals surface area contributed by atoms with Gasteiger partial charge in [-0.15, -0.1) is 0 Å². The van der Waals surface area contributed by atoms with Crippen LogP contribution in [0.25, 0.3) is 0 Å². The fraction of sp³-hybridized carbons (Fsp3) is 0.917. The Morgan fingerprint density at radius 1 is 1.56 bits per heavy atom. The fourth-order valence-electron chi connectivity index (χ4n) is 2.37. The standard InChI is InChI=1S/C12H25N3O/c1-10-5-4-6-12(13,9-10)11(16)14-7-8-15(2)3/h10H,4-9,13H2,1-3H3,(H,14,16). The highest BCUT2D eigenvalue weighted by Gasteiger charge is 2.37. The zero-order chi connectivity index (χ0) is 12.2. The zero-order valence-corrected chi connectivity index (χ0v) is 10.8. The van der Waals surface area contributed by atoms with E-state index >= 15 is 0 Å². The summed E-state index contributed by atoms with van der Waals surface area (Å²) in [7, 11) is 3.99. The smallest absolute Gasteiger partial charge is 0.240 e. The number of hydrogen-bond donors (Lipinski definition) is 2. The lowest BCUT2D eigenvalue weighted by molar-refractivity contribution is -0.128. The van der Waals surface area contributed by atoms with Crippen LogP contribution in [0.4, 0.5) is 0 Å². The molecule has 1 saturated carbocycles. The molecule has 0 spiro atoms. The number of carbonyl (C=O) groups is 1. The maximum Gasteiger partial charge on any atom is 0.240 e. The molecule has 2 unspecified atom stereocenters. The molecule has 1 aliphatic carbocycles. The van der Waals surface area contributed by atoms with Crippen LogP contribution < -0.4 is 11.1 Å². The van der Waals surface area contributed by atoms with Crippen molar-refractivity contribution < 1.29 is 4.79 Å². The first-order chi connectivity index (χ1) is 7.44. The molecule has 16 heavy (non-hydrogen) atoms. The summed E-state index contributed by atoms with van der Waals surface area (Å²) in [5.41, 5.74) is 5.56. The van der Waals surface area contributed by atoms with E-state index in [1.807, 2.05) is 19.0 Å². The van der Waals surface area contributed by atoms with Gasteiger partial charge in [0.05, 0.1) is 5.54 Å². The molecule has 4 heteroatoms. The van der Waals surface area contributed by atoms with Gasteiger partial charge < -0.3 is 16.0 Å². The van der Waals surface area contributed by atoms with Gasteiger partial charge in [-0.25, -0.2) is 0 Å². The van der Waals surface area contributed by atoms with E-state index in [2.05, 4.69) is 12.2 Å². The predicted octanol–water partition coefficient (Wildman–Crippen LogP) is 0.572. The summed E-state index contributed by atoms with van der Waals surface area (Å²) in [5.74, 6) is 0.597. The minimum atomic E-state index is -0.621. The van der Waals surface area contributed by atoms with Crippen molar-refractivity contribution in [3.8, 4) is 0 Å². The third-order valence-corrected chi connectivity index (χ3v) is 3.33. The average Bonchev–Trinajstić information content (AvgIpc) is 2.16. The molecule has 1 fully saturated rings. The van der Waals surface area contributed by atoms with Crippen LogP contribution in [0.2, 0.25) is 0 Å². The van der Waals surface area contributed by atoms with Gasteiger partial charge in [-0.2, -0.15) is 0 Å². The molecule has 1 aliphatic rings. The molecule has 0 aromatic rings. The van der Waals surface area contributed by atoms with Crippen LogP contribution in [0.5, 0.6) is 0 Å². The molecule has 1 rings (SSSR count). The molecule has 0 aromatic heterocycles. The van der Waals surface area contributed by atoms with Crippen molar-refractivity contribution in [2.45, 2.75) is 38.1 Å². The first-order valence-electron chi connectivity index (χ1n) is 6.16. The lowest BCUT2D eigenvalue weighted by Crippen LogP contribution is -2.56. The molecular weight excluding hydrogens is 202 g/mol. The molecule has 4 nitrogen and oxygen atoms in total. The van der Waals surface area contributed by atoms with E-state index in [-0.39, 0.29) is 5.91 Å². The van der Waals surface area contributed by atoms with E-state index in [1.54, 1.807) is 0 Å². The topological polar surface area (TPSA) is 58.4 Å². The van der Waals surface area contributed by atoms with Gasteiger partial charge in [0.15, 0.2) is 0 Å². The van der Waals surface area contributed by atoms with Crippen molar-refractivity contribution in [1.29, 1.82) is 0 Å². The molecule has 0 aromatic carbocycles. The highest BCUT2D eigenvalue weighted by atomic mass is 16.2. The van der Waals surface area contributed by atoms with Gasteiger partial charge in [-0.1, -0.05) is 19.8 Å². The van der Waals surface area contributed by atoms with E-state index in [9.17, 15) is 4.79 Å². The van der Waals surface area contributed by atoms with Crippen molar-refractivity contribution in [2.24, 2.45) is 11.7 Å². The second kappa shape index (κ2) is 5.64. The highest BCUT2D eigenvalue weighted by molar-refractivity contribution is 5.86. The minimum Gasteiger partial charge on any atom is -0.353 e. The van der Waals surface area contributed by atoms with Gasteiger partial charge >= 0.3 is 0 Å². The van der Waals surface area contributed by atoms with Crippen LogP contribution >= 0.6 is 0 Å². The van der Waals surface area contributed by atoms with Gasteiger partial charge in [0.2, 0.25) is 5.91 Å². The second-order valence-corrected chi connectivity index (χ2v) is 5.42. The summed E-state index contributed by atoms with van der Waals surface area (Å²) in [6, 6.07) is 0. The Morgan fingerprint density at radius 3 is 2.81 bits per heavy atom. The van der Waals surface area contributed by atoms with Crippen molar-refractivity contribution in [3.63, 3.8) is 0 Å². The Kier molecular flexibility index (Phi) is 4.74. The molecule has 3 N–H and O–H groups in total. The van der Waals surface area contributed by atoms with Gasteiger partial charge in [0, 0.05) is 13.1 Å². The van der Waals surface area contributed by atoms with E-state index < -0.39 is 5.54 Å². The number of carbonyl (C=O) groups excluding carboxylic acids is 1. The third kappa shape index (κ3) is 3.76. The molecule has 94 valence electrons. The molecular formula is C12H25N3O. The zero-order valence-electron chi connectivity index (χ0n) is 10.8. The lowest BCUT2D eigenvalue weighted by atomic mass is 9.76. The van der Waals surface area contributed by atoms with E-state index in [0.717, 1.165) is 25.8 Å². The quantitative estimate of drug-likeness (QED) is 0.738. The Balaban J connectivity index is 2.39. The number of hydrogen-bond acceptors (Lipinski definition) is 3. The Bertz CT molecular complexity index is 242. The molecule has 2 atom stereocenters. The first kappa shape index (κ1) is 13.5. The van der Waals surface area contributed by atoms with E-state index in [1.165, 1.54) is 6.42 Å².